The third-order valence-corrected chi connectivity index (χ3v) is 4.10. The molecule has 8 nitrogen and oxygen atoms in total. The number of hydrogen-bond acceptors (Lipinski definition) is 6. The number of carbonyl (C=O) groups excluding carboxylic acids is 1. The largest absolute Gasteiger partial charge is 0.335 e. The van der Waals surface area contributed by atoms with E-state index >= 15 is 0 Å². The van der Waals surface area contributed by atoms with E-state index < -0.39 is 0 Å². The number of aromatic nitrogens is 4. The van der Waals surface area contributed by atoms with Gasteiger partial charge in [-0.1, -0.05) is 0 Å². The van der Waals surface area contributed by atoms with Gasteiger partial charge >= 0.3 is 0 Å². The summed E-state index contributed by atoms with van der Waals surface area (Å²) >= 11 is 0. The molecule has 1 aliphatic heterocycles. The van der Waals surface area contributed by atoms with Crippen LogP contribution < -0.4 is 16.2 Å². The average molecular weight is 335 g/mol. The highest BCUT2D eigenvalue weighted by Gasteiger charge is 2.26. The maximum atomic E-state index is 12.4. The van der Waals surface area contributed by atoms with E-state index in [0.717, 1.165) is 12.0 Å². The number of nitrogens with zero attached hydrogens (tertiary/aromatic N) is 4. The van der Waals surface area contributed by atoms with Crippen LogP contribution in [0, 0.1) is 0 Å². The van der Waals surface area contributed by atoms with Gasteiger partial charge in [0.1, 0.15) is 12.1 Å². The van der Waals surface area contributed by atoms with E-state index in [4.69, 9.17) is 0 Å². The summed E-state index contributed by atoms with van der Waals surface area (Å²) in [7, 11) is 0. The van der Waals surface area contributed by atoms with Gasteiger partial charge in [0, 0.05) is 43.4 Å². The van der Waals surface area contributed by atoms with Crippen LogP contribution in [0.15, 0.2) is 61.6 Å². The second-order valence-electron chi connectivity index (χ2n) is 5.76. The topological polar surface area (TPSA) is 96.8 Å². The molecule has 3 aromatic rings. The zero-order valence-electron chi connectivity index (χ0n) is 13.3. The predicted molar refractivity (Wildman–Crippen MR) is 90.5 cm³/mol. The number of hydrogen-bond donors (Lipinski definition) is 3. The van der Waals surface area contributed by atoms with E-state index in [1.165, 1.54) is 0 Å². The number of nitrogens with one attached hydrogen (secondary N) is 3. The zero-order chi connectivity index (χ0) is 17.1. The Morgan fingerprint density at radius 3 is 2.72 bits per heavy atom. The van der Waals surface area contributed by atoms with Crippen molar-refractivity contribution in [3.05, 3.63) is 72.7 Å². The Kier molecular flexibility index (Phi) is 4.19. The standard InChI is InChI=1S/C17H17N7O/c25-17(13-1-2-16(20-10-13)24-8-7-19-11-24)21-15-9-14(22-23-15)12-3-5-18-6-4-12/h1-8,10-11,14-15,22-23H,9H2,(H,21,25). The van der Waals surface area contributed by atoms with E-state index in [0.29, 0.717) is 11.4 Å². The first-order chi connectivity index (χ1) is 12.3. The fourth-order valence-corrected chi connectivity index (χ4v) is 2.77. The molecule has 2 unspecified atom stereocenters. The zero-order valence-corrected chi connectivity index (χ0v) is 13.3. The molecular weight excluding hydrogens is 318 g/mol. The van der Waals surface area contributed by atoms with Gasteiger partial charge in [0.15, 0.2) is 0 Å². The second kappa shape index (κ2) is 6.80. The summed E-state index contributed by atoms with van der Waals surface area (Å²) in [5, 5.41) is 2.96. The van der Waals surface area contributed by atoms with Gasteiger partial charge in [0.2, 0.25) is 0 Å². The molecule has 25 heavy (non-hydrogen) atoms. The van der Waals surface area contributed by atoms with Gasteiger partial charge in [-0.05, 0) is 29.8 Å². The van der Waals surface area contributed by atoms with Crippen LogP contribution >= 0.6 is 0 Å². The van der Waals surface area contributed by atoms with E-state index in [2.05, 4.69) is 31.1 Å². The van der Waals surface area contributed by atoms with Crippen molar-refractivity contribution in [2.24, 2.45) is 0 Å². The normalized spacial score (nSPS) is 19.7. The minimum Gasteiger partial charge on any atom is -0.335 e. The lowest BCUT2D eigenvalue weighted by Gasteiger charge is -2.12. The third kappa shape index (κ3) is 3.39. The van der Waals surface area contributed by atoms with Gasteiger partial charge in [-0.15, -0.1) is 0 Å². The second-order valence-corrected chi connectivity index (χ2v) is 5.76. The minimum atomic E-state index is -0.167. The summed E-state index contributed by atoms with van der Waals surface area (Å²) in [4.78, 5) is 24.7. The monoisotopic (exact) mass is 335 g/mol. The lowest BCUT2D eigenvalue weighted by atomic mass is 10.1. The van der Waals surface area contributed by atoms with Crippen LogP contribution in [0.5, 0.6) is 0 Å². The van der Waals surface area contributed by atoms with E-state index in [-0.39, 0.29) is 18.1 Å². The quantitative estimate of drug-likeness (QED) is 0.657. The fraction of sp³-hybridized carbons (Fsp3) is 0.176. The Hall–Kier alpha value is -3.10. The smallest absolute Gasteiger partial charge is 0.254 e. The van der Waals surface area contributed by atoms with Crippen LogP contribution in [0.4, 0.5) is 0 Å². The van der Waals surface area contributed by atoms with Crippen molar-refractivity contribution in [1.82, 2.24) is 35.7 Å². The number of carbonyl (C=O) groups is 1. The number of imidazole rings is 1. The summed E-state index contributed by atoms with van der Waals surface area (Å²) < 4.78 is 1.78. The van der Waals surface area contributed by atoms with Gasteiger partial charge in [-0.3, -0.25) is 14.3 Å². The highest BCUT2D eigenvalue weighted by Crippen LogP contribution is 2.20. The van der Waals surface area contributed by atoms with Gasteiger partial charge in [-0.2, -0.15) is 0 Å². The summed E-state index contributed by atoms with van der Waals surface area (Å²) in [5.74, 6) is 0.548. The molecular formula is C17H17N7O. The van der Waals surface area contributed by atoms with Gasteiger partial charge in [0.05, 0.1) is 11.7 Å². The van der Waals surface area contributed by atoms with Crippen LogP contribution in [0.3, 0.4) is 0 Å². The molecule has 3 aromatic heterocycles. The first-order valence-corrected chi connectivity index (χ1v) is 7.96. The Morgan fingerprint density at radius 2 is 2.00 bits per heavy atom. The van der Waals surface area contributed by atoms with Gasteiger partial charge in [-0.25, -0.2) is 20.8 Å². The molecule has 0 aromatic carbocycles. The first-order valence-electron chi connectivity index (χ1n) is 7.96. The highest BCUT2D eigenvalue weighted by atomic mass is 16.1. The van der Waals surface area contributed by atoms with Crippen molar-refractivity contribution in [2.45, 2.75) is 18.6 Å². The predicted octanol–water partition coefficient (Wildman–Crippen LogP) is 0.957. The molecule has 0 bridgehead atoms. The van der Waals surface area contributed by atoms with Crippen LogP contribution in [0.2, 0.25) is 0 Å². The summed E-state index contributed by atoms with van der Waals surface area (Å²) in [6.07, 6.45) is 10.8. The molecule has 3 N–H and O–H groups in total. The summed E-state index contributed by atoms with van der Waals surface area (Å²) in [5.41, 5.74) is 7.94. The van der Waals surface area contributed by atoms with Crippen LogP contribution in [-0.4, -0.2) is 31.6 Å². The Balaban J connectivity index is 1.38. The SMILES string of the molecule is O=C(NC1CC(c2ccncc2)NN1)c1ccc(-n2ccnc2)nc1. The van der Waals surface area contributed by atoms with Crippen LogP contribution in [-0.2, 0) is 0 Å². The minimum absolute atomic E-state index is 0.134. The molecule has 1 amide bonds. The van der Waals surface area contributed by atoms with Crippen molar-refractivity contribution in [3.8, 4) is 5.82 Å². The summed E-state index contributed by atoms with van der Waals surface area (Å²) in [6, 6.07) is 7.59. The lowest BCUT2D eigenvalue weighted by molar-refractivity contribution is 0.0932. The average Bonchev–Trinajstić information content (AvgIpc) is 3.35. The molecule has 4 heterocycles. The van der Waals surface area contributed by atoms with Crippen molar-refractivity contribution in [2.75, 3.05) is 0 Å². The molecule has 2 atom stereocenters. The number of amides is 1. The molecule has 1 aliphatic rings. The van der Waals surface area contributed by atoms with Gasteiger partial charge < -0.3 is 5.32 Å². The van der Waals surface area contributed by atoms with Crippen molar-refractivity contribution in [1.29, 1.82) is 0 Å². The maximum Gasteiger partial charge on any atom is 0.254 e. The molecule has 1 saturated heterocycles. The van der Waals surface area contributed by atoms with E-state index in [1.54, 1.807) is 54.0 Å². The molecule has 4 rings (SSSR count). The summed E-state index contributed by atoms with van der Waals surface area (Å²) in [6.45, 7) is 0. The molecule has 0 radical (unpaired) electrons. The molecule has 1 fully saturated rings. The fourth-order valence-electron chi connectivity index (χ4n) is 2.77. The molecule has 126 valence electrons. The number of hydrazine groups is 1. The van der Waals surface area contributed by atoms with Crippen LogP contribution in [0.25, 0.3) is 5.82 Å². The van der Waals surface area contributed by atoms with Gasteiger partial charge in [0.25, 0.3) is 5.91 Å². The van der Waals surface area contributed by atoms with E-state index in [1.807, 2.05) is 12.1 Å². The lowest BCUT2D eigenvalue weighted by Crippen LogP contribution is -2.44. The molecule has 0 spiro atoms. The highest BCUT2D eigenvalue weighted by molar-refractivity contribution is 5.94. The Labute approximate surface area is 144 Å². The first kappa shape index (κ1) is 15.4. The molecule has 0 saturated carbocycles. The van der Waals surface area contributed by atoms with Crippen LogP contribution in [0.1, 0.15) is 28.4 Å². The van der Waals surface area contributed by atoms with Crippen molar-refractivity contribution >= 4 is 5.91 Å². The molecule has 0 aliphatic carbocycles. The molecule has 8 heteroatoms. The number of rotatable bonds is 4. The Morgan fingerprint density at radius 1 is 1.12 bits per heavy atom. The maximum absolute atomic E-state index is 12.4. The van der Waals surface area contributed by atoms with E-state index in [9.17, 15) is 4.79 Å². The Bertz CT molecular complexity index is 833. The number of pyridine rings is 2. The van der Waals surface area contributed by atoms with Crippen molar-refractivity contribution in [3.63, 3.8) is 0 Å². The third-order valence-electron chi connectivity index (χ3n) is 4.10. The van der Waals surface area contributed by atoms with Crippen molar-refractivity contribution < 1.29 is 4.79 Å².